The lowest BCUT2D eigenvalue weighted by Crippen LogP contribution is -2.53. The molecule has 1 unspecified atom stereocenters. The van der Waals surface area contributed by atoms with Crippen LogP contribution in [0, 0.1) is 23.3 Å². The second-order valence-electron chi connectivity index (χ2n) is 5.47. The van der Waals surface area contributed by atoms with E-state index >= 15 is 0 Å². The molecular formula is C14H12F10. The molecule has 0 aliphatic carbocycles. The van der Waals surface area contributed by atoms with Crippen LogP contribution in [0.2, 0.25) is 0 Å². The van der Waals surface area contributed by atoms with Crippen LogP contribution >= 0.6 is 0 Å². The first kappa shape index (κ1) is 20.6. The Bertz CT molecular complexity index is 583. The normalized spacial score (nSPS) is 14.9. The molecule has 1 aromatic carbocycles. The minimum atomic E-state index is -6.25. The summed E-state index contributed by atoms with van der Waals surface area (Å²) in [6.45, 7) is 1.91. The number of alkyl halides is 6. The lowest BCUT2D eigenvalue weighted by Gasteiger charge is -2.35. The maximum Gasteiger partial charge on any atom is 0.407 e. The van der Waals surface area contributed by atoms with Crippen molar-refractivity contribution in [2.45, 2.75) is 50.9 Å². The lowest BCUT2D eigenvalue weighted by atomic mass is 9.78. The van der Waals surface area contributed by atoms with Gasteiger partial charge in [0.2, 0.25) is 0 Å². The van der Waals surface area contributed by atoms with Crippen molar-refractivity contribution in [1.82, 2.24) is 0 Å². The van der Waals surface area contributed by atoms with Gasteiger partial charge in [-0.25, -0.2) is 17.6 Å². The third kappa shape index (κ3) is 2.83. The van der Waals surface area contributed by atoms with Crippen molar-refractivity contribution >= 4 is 0 Å². The van der Waals surface area contributed by atoms with Crippen molar-refractivity contribution in [2.24, 2.45) is 0 Å². The first-order valence-corrected chi connectivity index (χ1v) is 6.62. The second kappa shape index (κ2) is 6.11. The Morgan fingerprint density at radius 3 is 1.33 bits per heavy atom. The molecule has 0 bridgehead atoms. The summed E-state index contributed by atoms with van der Waals surface area (Å²) in [4.78, 5) is 0. The zero-order valence-electron chi connectivity index (χ0n) is 12.6. The monoisotopic (exact) mass is 370 g/mol. The Labute approximate surface area is 130 Å². The Hall–Kier alpha value is -1.48. The van der Waals surface area contributed by atoms with E-state index in [9.17, 15) is 43.9 Å². The Kier molecular flexibility index (Phi) is 5.23. The van der Waals surface area contributed by atoms with Crippen LogP contribution in [0.15, 0.2) is 0 Å². The van der Waals surface area contributed by atoms with Crippen LogP contribution in [0.25, 0.3) is 0 Å². The molecule has 1 aromatic rings. The second-order valence-corrected chi connectivity index (χ2v) is 5.47. The van der Waals surface area contributed by atoms with E-state index in [1.165, 1.54) is 6.92 Å². The molecule has 10 heteroatoms. The summed E-state index contributed by atoms with van der Waals surface area (Å²) in [5, 5.41) is 0. The van der Waals surface area contributed by atoms with Crippen LogP contribution in [-0.2, 0) is 5.41 Å². The molecule has 0 fully saturated rings. The molecule has 0 nitrogen and oxygen atoms in total. The fraction of sp³-hybridized carbons (Fsp3) is 0.571. The lowest BCUT2D eigenvalue weighted by molar-refractivity contribution is -0.298. The average molecular weight is 370 g/mol. The van der Waals surface area contributed by atoms with E-state index in [1.807, 2.05) is 0 Å². The first-order chi connectivity index (χ1) is 10.6. The minimum absolute atomic E-state index is 0.0537. The van der Waals surface area contributed by atoms with E-state index in [4.69, 9.17) is 0 Å². The Balaban J connectivity index is 3.97. The van der Waals surface area contributed by atoms with Crippen molar-refractivity contribution in [1.29, 1.82) is 0 Å². The Morgan fingerprint density at radius 1 is 0.750 bits per heavy atom. The van der Waals surface area contributed by atoms with Gasteiger partial charge in [0.15, 0.2) is 28.7 Å². The van der Waals surface area contributed by atoms with Crippen molar-refractivity contribution in [3.63, 3.8) is 0 Å². The summed E-state index contributed by atoms with van der Waals surface area (Å²) < 4.78 is 133. The number of hydrogen-bond donors (Lipinski definition) is 0. The predicted octanol–water partition coefficient (Wildman–Crippen LogP) is 6.14. The molecule has 0 aromatic heterocycles. The predicted molar refractivity (Wildman–Crippen MR) is 64.4 cm³/mol. The SMILES string of the molecule is CCC(C)c1c(F)c(F)c(C(C)(C(F)(F)F)C(F)(F)F)c(F)c1F. The number of halogens is 10. The molecule has 0 radical (unpaired) electrons. The molecule has 138 valence electrons. The molecule has 1 rings (SSSR count). The van der Waals surface area contributed by atoms with Crippen LogP contribution in [-0.4, -0.2) is 12.4 Å². The first-order valence-electron chi connectivity index (χ1n) is 6.62. The number of benzene rings is 1. The molecule has 0 spiro atoms. The van der Waals surface area contributed by atoms with Gasteiger partial charge in [0.1, 0.15) is 0 Å². The van der Waals surface area contributed by atoms with Gasteiger partial charge in [0.05, 0.1) is 5.56 Å². The minimum Gasteiger partial charge on any atom is -0.203 e. The van der Waals surface area contributed by atoms with Crippen LogP contribution in [0.4, 0.5) is 43.9 Å². The van der Waals surface area contributed by atoms with E-state index in [2.05, 4.69) is 0 Å². The zero-order chi connectivity index (χ0) is 19.2. The third-order valence-electron chi connectivity index (χ3n) is 4.04. The highest BCUT2D eigenvalue weighted by Crippen LogP contribution is 2.54. The van der Waals surface area contributed by atoms with Crippen LogP contribution in [0.5, 0.6) is 0 Å². The van der Waals surface area contributed by atoms with Gasteiger partial charge in [-0.2, -0.15) is 26.3 Å². The fourth-order valence-corrected chi connectivity index (χ4v) is 2.17. The van der Waals surface area contributed by atoms with E-state index in [1.54, 1.807) is 0 Å². The average Bonchev–Trinajstić information content (AvgIpc) is 2.42. The highest BCUT2D eigenvalue weighted by Gasteiger charge is 2.70. The summed E-state index contributed by atoms with van der Waals surface area (Å²) in [7, 11) is 0. The summed E-state index contributed by atoms with van der Waals surface area (Å²) >= 11 is 0. The van der Waals surface area contributed by atoms with Gasteiger partial charge in [-0.05, 0) is 19.3 Å². The van der Waals surface area contributed by atoms with Crippen LogP contribution < -0.4 is 0 Å². The molecule has 0 N–H and O–H groups in total. The number of hydrogen-bond acceptors (Lipinski definition) is 0. The van der Waals surface area contributed by atoms with E-state index < -0.39 is 65.0 Å². The van der Waals surface area contributed by atoms with Crippen molar-refractivity contribution < 1.29 is 43.9 Å². The topological polar surface area (TPSA) is 0 Å². The van der Waals surface area contributed by atoms with E-state index in [-0.39, 0.29) is 6.42 Å². The summed E-state index contributed by atoms with van der Waals surface area (Å²) in [6, 6.07) is 0. The molecule has 0 heterocycles. The van der Waals surface area contributed by atoms with E-state index in [0.717, 1.165) is 6.92 Å². The molecule has 1 atom stereocenters. The molecule has 0 aliphatic heterocycles. The molecule has 0 aliphatic rings. The molecule has 0 saturated carbocycles. The van der Waals surface area contributed by atoms with Crippen molar-refractivity contribution in [3.8, 4) is 0 Å². The van der Waals surface area contributed by atoms with Gasteiger partial charge in [0, 0.05) is 5.56 Å². The van der Waals surface area contributed by atoms with Crippen LogP contribution in [0.3, 0.4) is 0 Å². The van der Waals surface area contributed by atoms with Gasteiger partial charge < -0.3 is 0 Å². The largest absolute Gasteiger partial charge is 0.407 e. The van der Waals surface area contributed by atoms with Gasteiger partial charge in [-0.1, -0.05) is 13.8 Å². The van der Waals surface area contributed by atoms with Gasteiger partial charge in [-0.3, -0.25) is 0 Å². The summed E-state index contributed by atoms with van der Waals surface area (Å²) in [5.74, 6) is -11.1. The third-order valence-corrected chi connectivity index (χ3v) is 4.04. The summed E-state index contributed by atoms with van der Waals surface area (Å²) in [6.07, 6.45) is -12.5. The maximum atomic E-state index is 14.0. The Morgan fingerprint density at radius 2 is 1.08 bits per heavy atom. The van der Waals surface area contributed by atoms with Gasteiger partial charge in [-0.15, -0.1) is 0 Å². The zero-order valence-corrected chi connectivity index (χ0v) is 12.6. The van der Waals surface area contributed by atoms with E-state index in [0.29, 0.717) is 0 Å². The molecule has 0 saturated heterocycles. The van der Waals surface area contributed by atoms with Crippen molar-refractivity contribution in [3.05, 3.63) is 34.4 Å². The van der Waals surface area contributed by atoms with Crippen LogP contribution in [0.1, 0.15) is 44.2 Å². The highest BCUT2D eigenvalue weighted by molar-refractivity contribution is 5.38. The van der Waals surface area contributed by atoms with Gasteiger partial charge in [0.25, 0.3) is 0 Å². The fourth-order valence-electron chi connectivity index (χ4n) is 2.17. The maximum absolute atomic E-state index is 14.0. The highest BCUT2D eigenvalue weighted by atomic mass is 19.4. The van der Waals surface area contributed by atoms with Crippen molar-refractivity contribution in [2.75, 3.05) is 0 Å². The quantitative estimate of drug-likeness (QED) is 0.443. The standard InChI is InChI=1S/C14H12F10/c1-4-5(2)6-8(15)10(17)7(11(18)9(6)16)12(3,13(19,20)21)14(22,23)24/h5H,4H2,1-3H3. The number of rotatable bonds is 3. The molecular weight excluding hydrogens is 358 g/mol. The summed E-state index contributed by atoms with van der Waals surface area (Å²) in [5.41, 5.74) is -9.10. The molecule has 0 amide bonds. The molecule has 24 heavy (non-hydrogen) atoms. The smallest absolute Gasteiger partial charge is 0.203 e. The van der Waals surface area contributed by atoms with Gasteiger partial charge >= 0.3 is 12.4 Å².